The van der Waals surface area contributed by atoms with Gasteiger partial charge in [0.1, 0.15) is 6.04 Å². The molecule has 4 heteroatoms. The van der Waals surface area contributed by atoms with Crippen LogP contribution in [-0.4, -0.2) is 29.3 Å². The van der Waals surface area contributed by atoms with Crippen LogP contribution in [0.25, 0.3) is 0 Å². The van der Waals surface area contributed by atoms with Crippen molar-refractivity contribution >= 4 is 11.8 Å². The first-order chi connectivity index (χ1) is 16.5. The molecule has 2 amide bonds. The summed E-state index contributed by atoms with van der Waals surface area (Å²) in [6.07, 6.45) is 2.66. The molecule has 0 saturated heterocycles. The molecule has 0 bridgehead atoms. The Morgan fingerprint density at radius 3 is 2.21 bits per heavy atom. The molecule has 0 radical (unpaired) electrons. The zero-order chi connectivity index (χ0) is 24.3. The summed E-state index contributed by atoms with van der Waals surface area (Å²) in [6, 6.07) is 25.5. The largest absolute Gasteiger partial charge is 0.354 e. The van der Waals surface area contributed by atoms with E-state index in [4.69, 9.17) is 0 Å². The second kappa shape index (κ2) is 12.7. The minimum Gasteiger partial charge on any atom is -0.354 e. The summed E-state index contributed by atoms with van der Waals surface area (Å²) in [5.41, 5.74) is 5.31. The number of hydrogen-bond donors (Lipinski definition) is 1. The third-order valence-corrected chi connectivity index (χ3v) is 6.01. The van der Waals surface area contributed by atoms with Crippen LogP contribution in [0.3, 0.4) is 0 Å². The monoisotopic (exact) mass is 456 g/mol. The molecule has 0 spiro atoms. The molecular formula is C30H36N2O2. The Kier molecular flexibility index (Phi) is 9.45. The van der Waals surface area contributed by atoms with Crippen molar-refractivity contribution in [3.63, 3.8) is 0 Å². The van der Waals surface area contributed by atoms with Crippen LogP contribution in [0.4, 0.5) is 0 Å². The number of nitrogens with zero attached hydrogens (tertiary/aromatic N) is 1. The van der Waals surface area contributed by atoms with E-state index in [1.807, 2.05) is 86.6 Å². The van der Waals surface area contributed by atoms with E-state index in [1.165, 1.54) is 0 Å². The van der Waals surface area contributed by atoms with E-state index in [0.29, 0.717) is 19.5 Å². The van der Waals surface area contributed by atoms with E-state index < -0.39 is 6.04 Å². The van der Waals surface area contributed by atoms with Crippen molar-refractivity contribution in [2.24, 2.45) is 0 Å². The highest BCUT2D eigenvalue weighted by Crippen LogP contribution is 2.17. The minimum absolute atomic E-state index is 0.0445. The van der Waals surface area contributed by atoms with Crippen LogP contribution >= 0.6 is 0 Å². The molecule has 178 valence electrons. The number of unbranched alkanes of at least 4 members (excludes halogenated alkanes) is 1. The number of carbonyl (C=O) groups excluding carboxylic acids is 2. The van der Waals surface area contributed by atoms with Gasteiger partial charge in [0.2, 0.25) is 11.8 Å². The van der Waals surface area contributed by atoms with Crippen LogP contribution in [0.1, 0.15) is 47.6 Å². The smallest absolute Gasteiger partial charge is 0.243 e. The fraction of sp³-hybridized carbons (Fsp3) is 0.333. The van der Waals surface area contributed by atoms with Gasteiger partial charge < -0.3 is 10.2 Å². The molecule has 0 unspecified atom stereocenters. The fourth-order valence-electron chi connectivity index (χ4n) is 4.05. The first kappa shape index (κ1) is 25.2. The number of nitrogens with one attached hydrogen (secondary N) is 1. The topological polar surface area (TPSA) is 49.4 Å². The molecule has 4 nitrogen and oxygen atoms in total. The van der Waals surface area contributed by atoms with Gasteiger partial charge in [0.05, 0.1) is 6.42 Å². The zero-order valence-electron chi connectivity index (χ0n) is 20.6. The standard InChI is InChI=1S/C30H36N2O2/c1-4-5-18-31-30(34)28(20-25-11-7-6-8-12-25)32(22-27-13-9-10-24(3)19-27)29(33)21-26-16-14-23(2)15-17-26/h6-17,19,28H,4-5,18,20-22H2,1-3H3,(H,31,34)/t28-/m1/s1. The number of benzene rings is 3. The van der Waals surface area contributed by atoms with Crippen LogP contribution in [0, 0.1) is 13.8 Å². The van der Waals surface area contributed by atoms with Crippen molar-refractivity contribution in [1.82, 2.24) is 10.2 Å². The summed E-state index contributed by atoms with van der Waals surface area (Å²) < 4.78 is 0. The van der Waals surface area contributed by atoms with Crippen molar-refractivity contribution in [2.45, 2.75) is 59.0 Å². The molecule has 0 heterocycles. The maximum atomic E-state index is 13.7. The third-order valence-electron chi connectivity index (χ3n) is 6.01. The second-order valence-electron chi connectivity index (χ2n) is 9.02. The summed E-state index contributed by atoms with van der Waals surface area (Å²) in [7, 11) is 0. The van der Waals surface area contributed by atoms with Crippen LogP contribution in [0.15, 0.2) is 78.9 Å². The van der Waals surface area contributed by atoms with E-state index in [-0.39, 0.29) is 18.2 Å². The lowest BCUT2D eigenvalue weighted by Crippen LogP contribution is -2.51. The van der Waals surface area contributed by atoms with Gasteiger partial charge in [-0.1, -0.05) is 103 Å². The van der Waals surface area contributed by atoms with Gasteiger partial charge in [-0.3, -0.25) is 9.59 Å². The Hall–Kier alpha value is -3.40. The maximum absolute atomic E-state index is 13.7. The Labute approximate surface area is 204 Å². The van der Waals surface area contributed by atoms with Crippen LogP contribution in [0.5, 0.6) is 0 Å². The predicted octanol–water partition coefficient (Wildman–Crippen LogP) is 5.40. The summed E-state index contributed by atoms with van der Waals surface area (Å²) in [6.45, 7) is 7.19. The highest BCUT2D eigenvalue weighted by molar-refractivity contribution is 5.88. The van der Waals surface area contributed by atoms with E-state index in [9.17, 15) is 9.59 Å². The quantitative estimate of drug-likeness (QED) is 0.393. The lowest BCUT2D eigenvalue weighted by molar-refractivity contribution is -0.140. The predicted molar refractivity (Wildman–Crippen MR) is 138 cm³/mol. The molecule has 1 N–H and O–H groups in total. The average Bonchev–Trinajstić information content (AvgIpc) is 2.83. The van der Waals surface area contributed by atoms with Gasteiger partial charge in [-0.15, -0.1) is 0 Å². The highest BCUT2D eigenvalue weighted by Gasteiger charge is 2.30. The number of aryl methyl sites for hydroxylation is 2. The highest BCUT2D eigenvalue weighted by atomic mass is 16.2. The number of rotatable bonds is 11. The number of amides is 2. The van der Waals surface area contributed by atoms with E-state index in [2.05, 4.69) is 18.3 Å². The van der Waals surface area contributed by atoms with Crippen LogP contribution < -0.4 is 5.32 Å². The molecule has 0 fully saturated rings. The SMILES string of the molecule is CCCCNC(=O)[C@@H](Cc1ccccc1)N(Cc1cccc(C)c1)C(=O)Cc1ccc(C)cc1. The Bertz CT molecular complexity index is 1060. The molecule has 3 rings (SSSR count). The van der Waals surface area contributed by atoms with Crippen molar-refractivity contribution in [3.05, 3.63) is 107 Å². The maximum Gasteiger partial charge on any atom is 0.243 e. The van der Waals surface area contributed by atoms with Crippen LogP contribution in [0.2, 0.25) is 0 Å². The van der Waals surface area contributed by atoms with Gasteiger partial charge in [0, 0.05) is 19.5 Å². The van der Waals surface area contributed by atoms with Crippen molar-refractivity contribution in [2.75, 3.05) is 6.54 Å². The van der Waals surface area contributed by atoms with Gasteiger partial charge in [0.25, 0.3) is 0 Å². The summed E-state index contributed by atoms with van der Waals surface area (Å²) in [4.78, 5) is 28.9. The molecule has 0 aliphatic rings. The van der Waals surface area contributed by atoms with Gasteiger partial charge in [-0.25, -0.2) is 0 Å². The van der Waals surface area contributed by atoms with E-state index >= 15 is 0 Å². The summed E-state index contributed by atoms with van der Waals surface area (Å²) >= 11 is 0. The van der Waals surface area contributed by atoms with E-state index in [0.717, 1.165) is 40.7 Å². The third kappa shape index (κ3) is 7.58. The molecule has 1 atom stereocenters. The molecule has 0 aromatic heterocycles. The van der Waals surface area contributed by atoms with Crippen molar-refractivity contribution in [3.8, 4) is 0 Å². The molecule has 3 aromatic rings. The minimum atomic E-state index is -0.585. The average molecular weight is 457 g/mol. The molecule has 0 aliphatic heterocycles. The normalized spacial score (nSPS) is 11.6. The Morgan fingerprint density at radius 1 is 0.824 bits per heavy atom. The molecule has 34 heavy (non-hydrogen) atoms. The molecule has 0 aliphatic carbocycles. The number of carbonyl (C=O) groups is 2. The molecular weight excluding hydrogens is 420 g/mol. The zero-order valence-corrected chi connectivity index (χ0v) is 20.6. The van der Waals surface area contributed by atoms with Gasteiger partial charge in [-0.05, 0) is 37.0 Å². The van der Waals surface area contributed by atoms with E-state index in [1.54, 1.807) is 4.90 Å². The molecule has 0 saturated carbocycles. The summed E-state index contributed by atoms with van der Waals surface area (Å²) in [5.74, 6) is -0.140. The fourth-order valence-corrected chi connectivity index (χ4v) is 4.05. The first-order valence-electron chi connectivity index (χ1n) is 12.2. The summed E-state index contributed by atoms with van der Waals surface area (Å²) in [5, 5.41) is 3.07. The first-order valence-corrected chi connectivity index (χ1v) is 12.2. The lowest BCUT2D eigenvalue weighted by Gasteiger charge is -2.32. The van der Waals surface area contributed by atoms with Gasteiger partial charge in [0.15, 0.2) is 0 Å². The molecule has 3 aromatic carbocycles. The number of hydrogen-bond acceptors (Lipinski definition) is 2. The Balaban J connectivity index is 1.93. The van der Waals surface area contributed by atoms with Crippen molar-refractivity contribution < 1.29 is 9.59 Å². The lowest BCUT2D eigenvalue weighted by atomic mass is 10.0. The second-order valence-corrected chi connectivity index (χ2v) is 9.02. The van der Waals surface area contributed by atoms with Gasteiger partial charge in [-0.2, -0.15) is 0 Å². The van der Waals surface area contributed by atoms with Gasteiger partial charge >= 0.3 is 0 Å². The van der Waals surface area contributed by atoms with Crippen molar-refractivity contribution in [1.29, 1.82) is 0 Å². The van der Waals surface area contributed by atoms with Crippen LogP contribution in [-0.2, 0) is 29.0 Å². The Morgan fingerprint density at radius 2 is 1.53 bits per heavy atom.